The van der Waals surface area contributed by atoms with Crippen LogP contribution in [0.4, 0.5) is 0 Å². The van der Waals surface area contributed by atoms with Gasteiger partial charge in [-0.3, -0.25) is 4.79 Å². The highest BCUT2D eigenvalue weighted by Gasteiger charge is 2.14. The van der Waals surface area contributed by atoms with Crippen LogP contribution in [0.25, 0.3) is 0 Å². The van der Waals surface area contributed by atoms with E-state index in [0.29, 0.717) is 12.5 Å². The molecule has 1 heterocycles. The zero-order chi connectivity index (χ0) is 12.6. The average molecular weight is 301 g/mol. The summed E-state index contributed by atoms with van der Waals surface area (Å²) in [6.45, 7) is 1.99. The highest BCUT2D eigenvalue weighted by atomic mass is 35.5. The van der Waals surface area contributed by atoms with Gasteiger partial charge in [0.15, 0.2) is 0 Å². The first kappa shape index (κ1) is 16.3. The number of carbonyl (C=O) groups excluding carboxylic acids is 1. The molecule has 5 heteroatoms. The van der Waals surface area contributed by atoms with Gasteiger partial charge in [0, 0.05) is 29.7 Å². The van der Waals surface area contributed by atoms with Crippen molar-refractivity contribution in [3.05, 3.63) is 30.3 Å². The number of amides is 1. The normalized spacial score (nSPS) is 18.4. The number of piperidine rings is 1. The fourth-order valence-electron chi connectivity index (χ4n) is 2.05. The first-order valence-electron chi connectivity index (χ1n) is 6.52. The topological polar surface area (TPSA) is 41.1 Å². The Morgan fingerprint density at radius 1 is 1.37 bits per heavy atom. The van der Waals surface area contributed by atoms with Crippen molar-refractivity contribution in [1.82, 2.24) is 10.6 Å². The Kier molecular flexibility index (Phi) is 7.94. The predicted octanol–water partition coefficient (Wildman–Crippen LogP) is 2.46. The smallest absolute Gasteiger partial charge is 0.221 e. The van der Waals surface area contributed by atoms with E-state index < -0.39 is 0 Å². The minimum Gasteiger partial charge on any atom is -0.352 e. The highest BCUT2D eigenvalue weighted by molar-refractivity contribution is 7.99. The Morgan fingerprint density at radius 2 is 2.16 bits per heavy atom. The molecule has 1 atom stereocenters. The van der Waals surface area contributed by atoms with Crippen molar-refractivity contribution in [2.45, 2.75) is 30.2 Å². The third kappa shape index (κ3) is 6.32. The third-order valence-electron chi connectivity index (χ3n) is 3.00. The Bertz CT molecular complexity index is 369. The number of hydrogen-bond donors (Lipinski definition) is 2. The lowest BCUT2D eigenvalue weighted by atomic mass is 10.1. The van der Waals surface area contributed by atoms with E-state index in [2.05, 4.69) is 22.8 Å². The van der Waals surface area contributed by atoms with Crippen LogP contribution in [0.5, 0.6) is 0 Å². The van der Waals surface area contributed by atoms with Crippen LogP contribution in [0.1, 0.15) is 19.3 Å². The molecule has 0 bridgehead atoms. The maximum absolute atomic E-state index is 11.7. The van der Waals surface area contributed by atoms with E-state index in [-0.39, 0.29) is 18.3 Å². The molecule has 0 radical (unpaired) electrons. The second-order valence-electron chi connectivity index (χ2n) is 4.52. The van der Waals surface area contributed by atoms with Gasteiger partial charge in [-0.2, -0.15) is 0 Å². The molecule has 1 saturated heterocycles. The van der Waals surface area contributed by atoms with Crippen LogP contribution in [0.3, 0.4) is 0 Å². The van der Waals surface area contributed by atoms with Gasteiger partial charge in [-0.15, -0.1) is 24.2 Å². The van der Waals surface area contributed by atoms with Crippen LogP contribution in [0.15, 0.2) is 35.2 Å². The van der Waals surface area contributed by atoms with Crippen molar-refractivity contribution in [1.29, 1.82) is 0 Å². The summed E-state index contributed by atoms with van der Waals surface area (Å²) in [6, 6.07) is 10.5. The molecule has 0 saturated carbocycles. The van der Waals surface area contributed by atoms with Crippen LogP contribution >= 0.6 is 24.2 Å². The number of thioether (sulfide) groups is 1. The minimum atomic E-state index is 0. The summed E-state index contributed by atoms with van der Waals surface area (Å²) in [6.07, 6.45) is 2.85. The van der Waals surface area contributed by atoms with Crippen LogP contribution in [-0.4, -0.2) is 30.8 Å². The van der Waals surface area contributed by atoms with Crippen molar-refractivity contribution in [3.63, 3.8) is 0 Å². The van der Waals surface area contributed by atoms with Gasteiger partial charge in [0.25, 0.3) is 0 Å². The summed E-state index contributed by atoms with van der Waals surface area (Å²) >= 11 is 1.73. The number of benzene rings is 1. The quantitative estimate of drug-likeness (QED) is 0.821. The maximum atomic E-state index is 11.7. The first-order valence-corrected chi connectivity index (χ1v) is 7.51. The third-order valence-corrected chi connectivity index (χ3v) is 4.02. The summed E-state index contributed by atoms with van der Waals surface area (Å²) in [5.41, 5.74) is 0. The summed E-state index contributed by atoms with van der Waals surface area (Å²) < 4.78 is 0. The number of carbonyl (C=O) groups is 1. The van der Waals surface area contributed by atoms with E-state index in [4.69, 9.17) is 0 Å². The fraction of sp³-hybridized carbons (Fsp3) is 0.500. The Labute approximate surface area is 125 Å². The molecule has 1 aliphatic rings. The van der Waals surface area contributed by atoms with Crippen LogP contribution in [-0.2, 0) is 4.79 Å². The monoisotopic (exact) mass is 300 g/mol. The van der Waals surface area contributed by atoms with Crippen LogP contribution in [0.2, 0.25) is 0 Å². The SMILES string of the molecule is Cl.O=C(CCSc1ccccc1)N[C@H]1CCCNC1. The summed E-state index contributed by atoms with van der Waals surface area (Å²) in [7, 11) is 0. The van der Waals surface area contributed by atoms with E-state index in [1.165, 1.54) is 4.90 Å². The number of halogens is 1. The van der Waals surface area contributed by atoms with Crippen LogP contribution in [0, 0.1) is 0 Å². The Morgan fingerprint density at radius 3 is 2.84 bits per heavy atom. The summed E-state index contributed by atoms with van der Waals surface area (Å²) in [5.74, 6) is 1.02. The van der Waals surface area contributed by atoms with Gasteiger partial charge in [0.2, 0.25) is 5.91 Å². The molecule has 0 spiro atoms. The Balaban J connectivity index is 0.00000180. The van der Waals surface area contributed by atoms with E-state index in [1.54, 1.807) is 11.8 Å². The van der Waals surface area contributed by atoms with E-state index >= 15 is 0 Å². The molecule has 1 amide bonds. The molecule has 0 unspecified atom stereocenters. The lowest BCUT2D eigenvalue weighted by Crippen LogP contribution is -2.45. The second-order valence-corrected chi connectivity index (χ2v) is 5.69. The van der Waals surface area contributed by atoms with E-state index in [0.717, 1.165) is 31.7 Å². The zero-order valence-electron chi connectivity index (χ0n) is 10.9. The number of hydrogen-bond acceptors (Lipinski definition) is 3. The molecule has 2 N–H and O–H groups in total. The van der Waals surface area contributed by atoms with Crippen molar-refractivity contribution < 1.29 is 4.79 Å². The molecule has 1 aromatic rings. The minimum absolute atomic E-state index is 0. The van der Waals surface area contributed by atoms with Gasteiger partial charge < -0.3 is 10.6 Å². The second kappa shape index (κ2) is 9.23. The van der Waals surface area contributed by atoms with Gasteiger partial charge >= 0.3 is 0 Å². The zero-order valence-corrected chi connectivity index (χ0v) is 12.6. The molecule has 0 aliphatic carbocycles. The van der Waals surface area contributed by atoms with Crippen molar-refractivity contribution in [3.8, 4) is 0 Å². The molecule has 0 aromatic heterocycles. The van der Waals surface area contributed by atoms with Crippen molar-refractivity contribution in [2.24, 2.45) is 0 Å². The largest absolute Gasteiger partial charge is 0.352 e. The van der Waals surface area contributed by atoms with Gasteiger partial charge in [0.1, 0.15) is 0 Å². The molecule has 19 heavy (non-hydrogen) atoms. The van der Waals surface area contributed by atoms with Gasteiger partial charge in [-0.05, 0) is 31.5 Å². The molecule has 1 fully saturated rings. The lowest BCUT2D eigenvalue weighted by molar-refractivity contribution is -0.121. The number of rotatable bonds is 5. The van der Waals surface area contributed by atoms with E-state index in [1.807, 2.05) is 18.2 Å². The molecular formula is C14H21ClN2OS. The van der Waals surface area contributed by atoms with Gasteiger partial charge in [0.05, 0.1) is 0 Å². The number of nitrogens with one attached hydrogen (secondary N) is 2. The molecule has 106 valence electrons. The molecule has 2 rings (SSSR count). The molecule has 3 nitrogen and oxygen atoms in total. The predicted molar refractivity (Wildman–Crippen MR) is 83.1 cm³/mol. The average Bonchev–Trinajstić information content (AvgIpc) is 2.41. The summed E-state index contributed by atoms with van der Waals surface area (Å²) in [4.78, 5) is 13.0. The van der Waals surface area contributed by atoms with Gasteiger partial charge in [-0.25, -0.2) is 0 Å². The fourth-order valence-corrected chi connectivity index (χ4v) is 2.93. The molecule has 1 aromatic carbocycles. The highest BCUT2D eigenvalue weighted by Crippen LogP contribution is 2.17. The molecular weight excluding hydrogens is 280 g/mol. The first-order chi connectivity index (χ1) is 8.84. The van der Waals surface area contributed by atoms with Crippen LogP contribution < -0.4 is 10.6 Å². The maximum Gasteiger partial charge on any atom is 0.221 e. The van der Waals surface area contributed by atoms with E-state index in [9.17, 15) is 4.79 Å². The standard InChI is InChI=1S/C14H20N2OS.ClH/c17-14(16-12-5-4-9-15-11-12)8-10-18-13-6-2-1-3-7-13;/h1-3,6-7,12,15H,4-5,8-11H2,(H,16,17);1H/t12-;/m0./s1. The van der Waals surface area contributed by atoms with Gasteiger partial charge in [-0.1, -0.05) is 18.2 Å². The van der Waals surface area contributed by atoms with Crippen molar-refractivity contribution >= 4 is 30.1 Å². The summed E-state index contributed by atoms with van der Waals surface area (Å²) in [5, 5.41) is 6.39. The Hall–Kier alpha value is -0.710. The molecule has 1 aliphatic heterocycles. The van der Waals surface area contributed by atoms with Crippen molar-refractivity contribution in [2.75, 3.05) is 18.8 Å². The lowest BCUT2D eigenvalue weighted by Gasteiger charge is -2.23.